The van der Waals surface area contributed by atoms with Crippen molar-refractivity contribution in [1.29, 1.82) is 0 Å². The zero-order valence-electron chi connectivity index (χ0n) is 23.3. The van der Waals surface area contributed by atoms with E-state index in [-0.39, 0.29) is 19.1 Å². The second-order valence-electron chi connectivity index (χ2n) is 10.5. The number of piperazine rings is 1. The highest BCUT2D eigenvalue weighted by molar-refractivity contribution is 5.76. The molecule has 2 aromatic carbocycles. The number of carbonyl (C=O) groups is 1. The van der Waals surface area contributed by atoms with Gasteiger partial charge in [-0.25, -0.2) is 0 Å². The Morgan fingerprint density at radius 1 is 0.953 bits per heavy atom. The van der Waals surface area contributed by atoms with Crippen molar-refractivity contribution < 1.29 is 41.0 Å². The number of halogens is 6. The first kappa shape index (κ1) is 32.4. The van der Waals surface area contributed by atoms with Crippen LogP contribution in [0, 0.1) is 6.92 Å². The number of esters is 1. The van der Waals surface area contributed by atoms with Crippen LogP contribution >= 0.6 is 0 Å². The van der Waals surface area contributed by atoms with Crippen LogP contribution in [0.1, 0.15) is 22.3 Å². The van der Waals surface area contributed by atoms with Crippen LogP contribution < -0.4 is 5.73 Å². The number of rotatable bonds is 9. The maximum Gasteiger partial charge on any atom is 0.430 e. The van der Waals surface area contributed by atoms with Crippen LogP contribution in [0.15, 0.2) is 67.0 Å². The van der Waals surface area contributed by atoms with Crippen molar-refractivity contribution in [2.45, 2.75) is 44.0 Å². The fourth-order valence-electron chi connectivity index (χ4n) is 5.20. The van der Waals surface area contributed by atoms with Crippen molar-refractivity contribution in [3.8, 4) is 11.1 Å². The lowest BCUT2D eigenvalue weighted by atomic mass is 9.90. The number of carbonyl (C=O) groups excluding carboxylic acids is 1. The number of aryl methyl sites for hydroxylation is 1. The van der Waals surface area contributed by atoms with Crippen molar-refractivity contribution in [2.75, 3.05) is 32.8 Å². The number of aliphatic hydroxyl groups is 1. The lowest BCUT2D eigenvalue weighted by Crippen LogP contribution is -2.56. The lowest BCUT2D eigenvalue weighted by molar-refractivity contribution is -0.376. The van der Waals surface area contributed by atoms with Gasteiger partial charge in [0.15, 0.2) is 0 Å². The molecule has 0 saturated carbocycles. The number of aromatic nitrogens is 1. The standard InChI is InChI=1S/C30H32F6N4O3/c1-20-16-22(2-7-25(20)23-3-5-24(6-4-23)28(42,29(31,32)33)30(34,35)36)17-39-13-14-40(18-21-8-11-38-12-9-21)26(19-39)27(41)43-15-10-37/h2-9,11-12,16,26,42H,10,13-15,17-19,37H2,1H3/t26-/m0/s1. The summed E-state index contributed by atoms with van der Waals surface area (Å²) in [7, 11) is 0. The van der Waals surface area contributed by atoms with E-state index in [9.17, 15) is 36.2 Å². The molecule has 0 unspecified atom stereocenters. The minimum atomic E-state index is -5.95. The van der Waals surface area contributed by atoms with Crippen molar-refractivity contribution in [2.24, 2.45) is 5.73 Å². The van der Waals surface area contributed by atoms with Gasteiger partial charge in [-0.1, -0.05) is 42.5 Å². The van der Waals surface area contributed by atoms with E-state index in [0.717, 1.165) is 28.8 Å². The van der Waals surface area contributed by atoms with Gasteiger partial charge in [-0.15, -0.1) is 0 Å². The minimum absolute atomic E-state index is 0.117. The van der Waals surface area contributed by atoms with Crippen LogP contribution in [-0.2, 0) is 28.2 Å². The van der Waals surface area contributed by atoms with E-state index in [1.807, 2.05) is 24.3 Å². The molecule has 0 radical (unpaired) electrons. The third-order valence-corrected chi connectivity index (χ3v) is 7.48. The molecule has 232 valence electrons. The van der Waals surface area contributed by atoms with Gasteiger partial charge < -0.3 is 15.6 Å². The van der Waals surface area contributed by atoms with Gasteiger partial charge in [0.25, 0.3) is 5.60 Å². The van der Waals surface area contributed by atoms with Crippen LogP contribution in [-0.4, -0.2) is 77.0 Å². The summed E-state index contributed by atoms with van der Waals surface area (Å²) >= 11 is 0. The SMILES string of the molecule is Cc1cc(CN2CCN(Cc3ccncc3)[C@H](C(=O)OCCN)C2)ccc1-c1ccc(C(O)(C(F)(F)F)C(F)(F)F)cc1. The highest BCUT2D eigenvalue weighted by Gasteiger charge is 2.71. The molecule has 1 atom stereocenters. The first-order chi connectivity index (χ1) is 20.2. The number of benzene rings is 2. The molecule has 2 heterocycles. The first-order valence-electron chi connectivity index (χ1n) is 13.5. The fourth-order valence-corrected chi connectivity index (χ4v) is 5.20. The molecular weight excluding hydrogens is 578 g/mol. The molecule has 3 aromatic rings. The van der Waals surface area contributed by atoms with Crippen LogP contribution in [0.2, 0.25) is 0 Å². The van der Waals surface area contributed by atoms with E-state index in [1.165, 1.54) is 0 Å². The van der Waals surface area contributed by atoms with Gasteiger partial charge in [0.1, 0.15) is 12.6 Å². The van der Waals surface area contributed by atoms with E-state index in [4.69, 9.17) is 10.5 Å². The molecule has 3 N–H and O–H groups in total. The minimum Gasteiger partial charge on any atom is -0.463 e. The van der Waals surface area contributed by atoms with Crippen molar-refractivity contribution in [1.82, 2.24) is 14.8 Å². The number of alkyl halides is 6. The highest BCUT2D eigenvalue weighted by Crippen LogP contribution is 2.50. The zero-order chi connectivity index (χ0) is 31.4. The molecule has 0 aliphatic carbocycles. The molecule has 13 heteroatoms. The molecular formula is C30H32F6N4O3. The van der Waals surface area contributed by atoms with Crippen LogP contribution in [0.5, 0.6) is 0 Å². The highest BCUT2D eigenvalue weighted by atomic mass is 19.4. The van der Waals surface area contributed by atoms with Gasteiger partial charge >= 0.3 is 18.3 Å². The van der Waals surface area contributed by atoms with Crippen LogP contribution in [0.25, 0.3) is 11.1 Å². The summed E-state index contributed by atoms with van der Waals surface area (Å²) in [6.07, 6.45) is -8.51. The zero-order valence-corrected chi connectivity index (χ0v) is 23.3. The Morgan fingerprint density at radius 2 is 1.60 bits per heavy atom. The van der Waals surface area contributed by atoms with E-state index in [1.54, 1.807) is 25.4 Å². The van der Waals surface area contributed by atoms with Gasteiger partial charge in [-0.05, 0) is 46.9 Å². The Kier molecular flexibility index (Phi) is 9.79. The molecule has 0 spiro atoms. The third-order valence-electron chi connectivity index (χ3n) is 7.48. The molecule has 0 bridgehead atoms. The van der Waals surface area contributed by atoms with E-state index >= 15 is 0 Å². The third kappa shape index (κ3) is 7.18. The largest absolute Gasteiger partial charge is 0.463 e. The molecule has 1 saturated heterocycles. The topological polar surface area (TPSA) is 91.9 Å². The van der Waals surface area contributed by atoms with Crippen molar-refractivity contribution in [3.05, 3.63) is 89.2 Å². The predicted octanol–water partition coefficient (Wildman–Crippen LogP) is 4.56. The lowest BCUT2D eigenvalue weighted by Gasteiger charge is -2.40. The van der Waals surface area contributed by atoms with E-state index in [0.29, 0.717) is 56.0 Å². The molecule has 1 fully saturated rings. The monoisotopic (exact) mass is 610 g/mol. The second kappa shape index (κ2) is 13.0. The maximum atomic E-state index is 13.2. The molecule has 1 aliphatic rings. The van der Waals surface area contributed by atoms with Crippen molar-refractivity contribution >= 4 is 5.97 Å². The summed E-state index contributed by atoms with van der Waals surface area (Å²) in [6, 6.07) is 12.2. The number of nitrogens with two attached hydrogens (primary N) is 1. The second-order valence-corrected chi connectivity index (χ2v) is 10.5. The molecule has 1 aliphatic heterocycles. The maximum absolute atomic E-state index is 13.2. The Balaban J connectivity index is 1.48. The molecule has 7 nitrogen and oxygen atoms in total. The Bertz CT molecular complexity index is 1370. The summed E-state index contributed by atoms with van der Waals surface area (Å²) in [5.41, 5.74) is 2.91. The number of nitrogens with zero attached hydrogens (tertiary/aromatic N) is 3. The number of hydrogen-bond donors (Lipinski definition) is 2. The van der Waals surface area contributed by atoms with E-state index in [2.05, 4.69) is 14.8 Å². The number of hydrogen-bond acceptors (Lipinski definition) is 7. The summed E-state index contributed by atoms with van der Waals surface area (Å²) < 4.78 is 84.8. The average molecular weight is 611 g/mol. The van der Waals surface area contributed by atoms with Crippen LogP contribution in [0.3, 0.4) is 0 Å². The summed E-state index contributed by atoms with van der Waals surface area (Å²) in [4.78, 5) is 21.1. The van der Waals surface area contributed by atoms with Gasteiger partial charge in [-0.3, -0.25) is 19.6 Å². The normalized spacial score (nSPS) is 17.2. The fraction of sp³-hybridized carbons (Fsp3) is 0.400. The molecule has 4 rings (SSSR count). The van der Waals surface area contributed by atoms with Gasteiger partial charge in [0, 0.05) is 57.2 Å². The Morgan fingerprint density at radius 3 is 2.19 bits per heavy atom. The Hall–Kier alpha value is -3.52. The molecule has 1 aromatic heterocycles. The first-order valence-corrected chi connectivity index (χ1v) is 13.5. The number of pyridine rings is 1. The van der Waals surface area contributed by atoms with Crippen molar-refractivity contribution in [3.63, 3.8) is 0 Å². The Labute approximate surface area is 244 Å². The van der Waals surface area contributed by atoms with Gasteiger partial charge in [-0.2, -0.15) is 26.3 Å². The summed E-state index contributed by atoms with van der Waals surface area (Å²) in [5, 5.41) is 9.65. The summed E-state index contributed by atoms with van der Waals surface area (Å²) in [6.45, 7) is 4.87. The molecule has 43 heavy (non-hydrogen) atoms. The quantitative estimate of drug-likeness (QED) is 0.271. The average Bonchev–Trinajstić information content (AvgIpc) is 2.96. The smallest absolute Gasteiger partial charge is 0.430 e. The van der Waals surface area contributed by atoms with E-state index < -0.39 is 29.6 Å². The van der Waals surface area contributed by atoms with Gasteiger partial charge in [0.05, 0.1) is 0 Å². The number of ether oxygens (including phenoxy) is 1. The summed E-state index contributed by atoms with van der Waals surface area (Å²) in [5.74, 6) is -0.359. The van der Waals surface area contributed by atoms with Crippen LogP contribution in [0.4, 0.5) is 26.3 Å². The predicted molar refractivity (Wildman–Crippen MR) is 146 cm³/mol. The molecule has 0 amide bonds. The van der Waals surface area contributed by atoms with Gasteiger partial charge in [0.2, 0.25) is 0 Å².